The van der Waals surface area contributed by atoms with E-state index in [1.54, 1.807) is 18.2 Å². The van der Waals surface area contributed by atoms with Crippen molar-refractivity contribution in [2.75, 3.05) is 6.61 Å². The highest BCUT2D eigenvalue weighted by Gasteiger charge is 2.11. The van der Waals surface area contributed by atoms with Crippen molar-refractivity contribution < 1.29 is 14.6 Å². The van der Waals surface area contributed by atoms with Gasteiger partial charge < -0.3 is 14.6 Å². The van der Waals surface area contributed by atoms with Crippen LogP contribution in [0.2, 0.25) is 10.0 Å². The van der Waals surface area contributed by atoms with Gasteiger partial charge in [-0.15, -0.1) is 0 Å². The van der Waals surface area contributed by atoms with Gasteiger partial charge in [-0.3, -0.25) is 0 Å². The lowest BCUT2D eigenvalue weighted by Gasteiger charge is -2.15. The zero-order valence-corrected chi connectivity index (χ0v) is 13.1. The van der Waals surface area contributed by atoms with Gasteiger partial charge in [0.1, 0.15) is 6.61 Å². The number of hydrogen-bond donors (Lipinski definition) is 1. The summed E-state index contributed by atoms with van der Waals surface area (Å²) >= 11 is 12.0. The zero-order valence-electron chi connectivity index (χ0n) is 11.6. The normalized spacial score (nSPS) is 10.5. The number of rotatable bonds is 6. The lowest BCUT2D eigenvalue weighted by atomic mass is 10.2. The Morgan fingerprint density at radius 3 is 2.52 bits per heavy atom. The Bertz CT molecular complexity index is 614. The Balaban J connectivity index is 2.22. The maximum absolute atomic E-state index is 9.42. The first-order chi connectivity index (χ1) is 10.2. The molecule has 2 rings (SSSR count). The minimum absolute atomic E-state index is 0.120. The molecule has 0 bridgehead atoms. The molecule has 0 heterocycles. The standard InChI is InChI=1S/C16H16Cl2O3/c1-2-20-15-5-3-4-11(9-19)16(15)21-10-12-6-7-13(17)8-14(12)18/h3-8,19H,2,9-10H2,1H3. The van der Waals surface area contributed by atoms with Crippen molar-refractivity contribution in [3.05, 3.63) is 57.6 Å². The lowest BCUT2D eigenvalue weighted by molar-refractivity contribution is 0.243. The van der Waals surface area contributed by atoms with Gasteiger partial charge in [0.2, 0.25) is 0 Å². The van der Waals surface area contributed by atoms with Gasteiger partial charge in [-0.05, 0) is 25.1 Å². The van der Waals surface area contributed by atoms with E-state index < -0.39 is 0 Å². The Hall–Kier alpha value is -1.42. The Labute approximate surface area is 134 Å². The Morgan fingerprint density at radius 1 is 1.05 bits per heavy atom. The smallest absolute Gasteiger partial charge is 0.167 e. The number of halogens is 2. The van der Waals surface area contributed by atoms with Gasteiger partial charge in [0.15, 0.2) is 11.5 Å². The van der Waals surface area contributed by atoms with E-state index in [2.05, 4.69) is 0 Å². The molecule has 0 aliphatic rings. The third-order valence-electron chi connectivity index (χ3n) is 2.92. The van der Waals surface area contributed by atoms with Crippen LogP contribution in [0.15, 0.2) is 36.4 Å². The maximum Gasteiger partial charge on any atom is 0.167 e. The molecule has 0 atom stereocenters. The predicted molar refractivity (Wildman–Crippen MR) is 84.3 cm³/mol. The largest absolute Gasteiger partial charge is 0.490 e. The minimum Gasteiger partial charge on any atom is -0.490 e. The van der Waals surface area contributed by atoms with Crippen LogP contribution in [0.5, 0.6) is 11.5 Å². The summed E-state index contributed by atoms with van der Waals surface area (Å²) in [6, 6.07) is 10.7. The second kappa shape index (κ2) is 7.55. The molecule has 1 N–H and O–H groups in total. The molecule has 3 nitrogen and oxygen atoms in total. The summed E-state index contributed by atoms with van der Waals surface area (Å²) in [5.74, 6) is 1.14. The molecule has 0 amide bonds. The van der Waals surface area contributed by atoms with Gasteiger partial charge in [0, 0.05) is 21.2 Å². The molecule has 112 valence electrons. The summed E-state index contributed by atoms with van der Waals surface area (Å²) in [6.45, 7) is 2.57. The van der Waals surface area contributed by atoms with Crippen molar-refractivity contribution in [2.24, 2.45) is 0 Å². The third kappa shape index (κ3) is 4.03. The first-order valence-electron chi connectivity index (χ1n) is 6.58. The summed E-state index contributed by atoms with van der Waals surface area (Å²) in [7, 11) is 0. The fourth-order valence-corrected chi connectivity index (χ4v) is 2.37. The van der Waals surface area contributed by atoms with Crippen molar-refractivity contribution in [2.45, 2.75) is 20.1 Å². The quantitative estimate of drug-likeness (QED) is 0.851. The van der Waals surface area contributed by atoms with E-state index in [9.17, 15) is 5.11 Å². The van der Waals surface area contributed by atoms with Gasteiger partial charge in [0.05, 0.1) is 13.2 Å². The minimum atomic E-state index is -0.120. The molecule has 0 aromatic heterocycles. The summed E-state index contributed by atoms with van der Waals surface area (Å²) in [6.07, 6.45) is 0. The topological polar surface area (TPSA) is 38.7 Å². The molecule has 2 aromatic rings. The molecule has 0 unspecified atom stereocenters. The number of benzene rings is 2. The van der Waals surface area contributed by atoms with E-state index in [1.165, 1.54) is 0 Å². The third-order valence-corrected chi connectivity index (χ3v) is 3.50. The van der Waals surface area contributed by atoms with E-state index in [0.29, 0.717) is 33.7 Å². The van der Waals surface area contributed by atoms with Crippen LogP contribution in [0.1, 0.15) is 18.1 Å². The first-order valence-corrected chi connectivity index (χ1v) is 7.33. The summed E-state index contributed by atoms with van der Waals surface area (Å²) in [5.41, 5.74) is 1.49. The monoisotopic (exact) mass is 326 g/mol. The number of para-hydroxylation sites is 1. The second-order valence-corrected chi connectivity index (χ2v) is 5.20. The zero-order chi connectivity index (χ0) is 15.2. The van der Waals surface area contributed by atoms with Crippen LogP contribution in [0.25, 0.3) is 0 Å². The first kappa shape index (κ1) is 16.0. The van der Waals surface area contributed by atoms with Crippen LogP contribution in [0, 0.1) is 0 Å². The number of hydrogen-bond acceptors (Lipinski definition) is 3. The highest BCUT2D eigenvalue weighted by Crippen LogP contribution is 2.33. The summed E-state index contributed by atoms with van der Waals surface area (Å²) < 4.78 is 11.3. The Kier molecular flexibility index (Phi) is 5.74. The van der Waals surface area contributed by atoms with Gasteiger partial charge >= 0.3 is 0 Å². The van der Waals surface area contributed by atoms with Crippen molar-refractivity contribution in [1.82, 2.24) is 0 Å². The summed E-state index contributed by atoms with van der Waals surface area (Å²) in [4.78, 5) is 0. The fraction of sp³-hybridized carbons (Fsp3) is 0.250. The molecule has 0 aliphatic carbocycles. The highest BCUT2D eigenvalue weighted by atomic mass is 35.5. The van der Waals surface area contributed by atoms with Crippen LogP contribution in [0.3, 0.4) is 0 Å². The van der Waals surface area contributed by atoms with E-state index in [1.807, 2.05) is 25.1 Å². The molecule has 21 heavy (non-hydrogen) atoms. The molecule has 0 saturated heterocycles. The predicted octanol–water partition coefficient (Wildman–Crippen LogP) is 4.46. The molecule has 2 aromatic carbocycles. The van der Waals surface area contributed by atoms with E-state index in [4.69, 9.17) is 32.7 Å². The lowest BCUT2D eigenvalue weighted by Crippen LogP contribution is -2.03. The van der Waals surface area contributed by atoms with Crippen LogP contribution in [-0.2, 0) is 13.2 Å². The molecule has 0 spiro atoms. The van der Waals surface area contributed by atoms with Crippen LogP contribution >= 0.6 is 23.2 Å². The van der Waals surface area contributed by atoms with Gasteiger partial charge in [-0.2, -0.15) is 0 Å². The summed E-state index contributed by atoms with van der Waals surface area (Å²) in [5, 5.41) is 10.5. The maximum atomic E-state index is 9.42. The van der Waals surface area contributed by atoms with E-state index >= 15 is 0 Å². The SMILES string of the molecule is CCOc1cccc(CO)c1OCc1ccc(Cl)cc1Cl. The fourth-order valence-electron chi connectivity index (χ4n) is 1.91. The second-order valence-electron chi connectivity index (χ2n) is 4.36. The van der Waals surface area contributed by atoms with Crippen LogP contribution < -0.4 is 9.47 Å². The van der Waals surface area contributed by atoms with Gasteiger partial charge in [0.25, 0.3) is 0 Å². The van der Waals surface area contributed by atoms with E-state index in [0.717, 1.165) is 5.56 Å². The molecule has 0 aliphatic heterocycles. The molecular formula is C16H16Cl2O3. The van der Waals surface area contributed by atoms with E-state index in [-0.39, 0.29) is 13.2 Å². The highest BCUT2D eigenvalue weighted by molar-refractivity contribution is 6.35. The Morgan fingerprint density at radius 2 is 1.86 bits per heavy atom. The van der Waals surface area contributed by atoms with Crippen molar-refractivity contribution in [1.29, 1.82) is 0 Å². The average Bonchev–Trinajstić information content (AvgIpc) is 2.47. The van der Waals surface area contributed by atoms with Crippen molar-refractivity contribution in [3.63, 3.8) is 0 Å². The number of aliphatic hydroxyl groups excluding tert-OH is 1. The van der Waals surface area contributed by atoms with Crippen LogP contribution in [0.4, 0.5) is 0 Å². The molecule has 5 heteroatoms. The van der Waals surface area contributed by atoms with Gasteiger partial charge in [-0.25, -0.2) is 0 Å². The molecule has 0 radical (unpaired) electrons. The molecule has 0 fully saturated rings. The molecule has 0 saturated carbocycles. The molecular weight excluding hydrogens is 311 g/mol. The number of aliphatic hydroxyl groups is 1. The van der Waals surface area contributed by atoms with Gasteiger partial charge in [-0.1, -0.05) is 41.4 Å². The van der Waals surface area contributed by atoms with Crippen molar-refractivity contribution in [3.8, 4) is 11.5 Å². The van der Waals surface area contributed by atoms with Crippen molar-refractivity contribution >= 4 is 23.2 Å². The van der Waals surface area contributed by atoms with Crippen LogP contribution in [-0.4, -0.2) is 11.7 Å². The average molecular weight is 327 g/mol. The number of ether oxygens (including phenoxy) is 2.